The van der Waals surface area contributed by atoms with E-state index in [1.807, 2.05) is 0 Å². The Morgan fingerprint density at radius 1 is 1.41 bits per heavy atom. The molecule has 0 unspecified atom stereocenters. The van der Waals surface area contributed by atoms with E-state index < -0.39 is 0 Å². The van der Waals surface area contributed by atoms with Gasteiger partial charge in [-0.1, -0.05) is 20.8 Å². The third-order valence-electron chi connectivity index (χ3n) is 5.18. The van der Waals surface area contributed by atoms with E-state index in [9.17, 15) is 10.4 Å². The van der Waals surface area contributed by atoms with Gasteiger partial charge in [-0.3, -0.25) is 0 Å². The topological polar surface area (TPSA) is 65.6 Å². The Labute approximate surface area is 172 Å². The first-order chi connectivity index (χ1) is 12.7. The second kappa shape index (κ2) is 7.65. The molecule has 0 fully saturated rings. The summed E-state index contributed by atoms with van der Waals surface area (Å²) in [6, 6.07) is 5.85. The van der Waals surface area contributed by atoms with Gasteiger partial charge in [0.05, 0.1) is 17.1 Å². The summed E-state index contributed by atoms with van der Waals surface area (Å²) < 4.78 is 5.73. The molecule has 1 atom stereocenters. The molecule has 3 rings (SSSR count). The van der Waals surface area contributed by atoms with Gasteiger partial charge in [0, 0.05) is 11.1 Å². The highest BCUT2D eigenvalue weighted by Gasteiger charge is 2.32. The van der Waals surface area contributed by atoms with Crippen LogP contribution in [0.2, 0.25) is 0 Å². The average molecular weight is 447 g/mol. The standard InChI is InChI=1S/C21H23BrN2O2S/c1-21(2,3)13-5-6-14-15(10-23)20(27-18(14)9-13)24-11-12-7-16(22)19(25)17(8-12)26-4/h7-8,11,13,25H,5-6,9H2,1-4H3/t13-/m1/s1. The van der Waals surface area contributed by atoms with Gasteiger partial charge in [-0.05, 0) is 69.8 Å². The lowest BCUT2D eigenvalue weighted by molar-refractivity contribution is 0.218. The van der Waals surface area contributed by atoms with Crippen LogP contribution in [0.1, 0.15) is 48.8 Å². The lowest BCUT2D eigenvalue weighted by atomic mass is 9.72. The highest BCUT2D eigenvalue weighted by molar-refractivity contribution is 9.10. The van der Waals surface area contributed by atoms with Gasteiger partial charge in [0.15, 0.2) is 11.5 Å². The lowest BCUT2D eigenvalue weighted by Crippen LogP contribution is -2.26. The van der Waals surface area contributed by atoms with Gasteiger partial charge < -0.3 is 9.84 Å². The molecule has 0 saturated heterocycles. The van der Waals surface area contributed by atoms with Gasteiger partial charge in [0.2, 0.25) is 0 Å². The van der Waals surface area contributed by atoms with Crippen LogP contribution in [0.25, 0.3) is 0 Å². The minimum atomic E-state index is 0.0622. The van der Waals surface area contributed by atoms with E-state index in [-0.39, 0.29) is 11.2 Å². The molecule has 0 amide bonds. The number of nitrogens with zero attached hydrogens (tertiary/aromatic N) is 2. The van der Waals surface area contributed by atoms with Crippen LogP contribution < -0.4 is 4.74 Å². The van der Waals surface area contributed by atoms with Crippen molar-refractivity contribution in [3.8, 4) is 17.6 Å². The van der Waals surface area contributed by atoms with E-state index in [2.05, 4.69) is 47.8 Å². The number of nitriles is 1. The van der Waals surface area contributed by atoms with Gasteiger partial charge >= 0.3 is 0 Å². The molecular formula is C21H23BrN2O2S. The number of methoxy groups -OCH3 is 1. The van der Waals surface area contributed by atoms with Crippen LogP contribution in [-0.4, -0.2) is 18.4 Å². The maximum Gasteiger partial charge on any atom is 0.172 e. The van der Waals surface area contributed by atoms with Crippen LogP contribution in [0.4, 0.5) is 5.00 Å². The molecule has 0 aliphatic heterocycles. The average Bonchev–Trinajstić information content (AvgIpc) is 2.98. The molecule has 6 heteroatoms. The molecule has 1 N–H and O–H groups in total. The molecule has 1 aliphatic carbocycles. The van der Waals surface area contributed by atoms with Crippen LogP contribution >= 0.6 is 27.3 Å². The highest BCUT2D eigenvalue weighted by atomic mass is 79.9. The van der Waals surface area contributed by atoms with Gasteiger partial charge in [-0.2, -0.15) is 5.26 Å². The number of aliphatic imine (C=N–C) groups is 1. The Balaban J connectivity index is 1.93. The number of thiophene rings is 1. The maximum absolute atomic E-state index is 9.93. The van der Waals surface area contributed by atoms with Crippen molar-refractivity contribution in [3.05, 3.63) is 38.2 Å². The number of benzene rings is 1. The highest BCUT2D eigenvalue weighted by Crippen LogP contribution is 2.45. The van der Waals surface area contributed by atoms with E-state index in [0.29, 0.717) is 21.7 Å². The molecule has 0 spiro atoms. The summed E-state index contributed by atoms with van der Waals surface area (Å²) in [6.45, 7) is 6.86. The van der Waals surface area contributed by atoms with Crippen molar-refractivity contribution in [1.29, 1.82) is 5.26 Å². The number of phenolic OH excluding ortho intramolecular Hbond substituents is 1. The molecule has 0 saturated carbocycles. The Hall–Kier alpha value is -1.84. The van der Waals surface area contributed by atoms with Crippen molar-refractivity contribution >= 4 is 38.5 Å². The fourth-order valence-electron chi connectivity index (χ4n) is 3.47. The molecule has 0 bridgehead atoms. The number of phenols is 1. The number of rotatable bonds is 3. The Morgan fingerprint density at radius 2 is 2.15 bits per heavy atom. The van der Waals surface area contributed by atoms with Crippen molar-refractivity contribution in [1.82, 2.24) is 0 Å². The molecule has 1 aromatic heterocycles. The lowest BCUT2D eigenvalue weighted by Gasteiger charge is -2.33. The van der Waals surface area contributed by atoms with E-state index in [4.69, 9.17) is 4.74 Å². The van der Waals surface area contributed by atoms with Crippen LogP contribution in [0.5, 0.6) is 11.5 Å². The van der Waals surface area contributed by atoms with E-state index in [1.165, 1.54) is 17.6 Å². The summed E-state index contributed by atoms with van der Waals surface area (Å²) in [7, 11) is 1.51. The molecule has 27 heavy (non-hydrogen) atoms. The van der Waals surface area contributed by atoms with Crippen LogP contribution in [0, 0.1) is 22.7 Å². The number of aromatic hydroxyl groups is 1. The second-order valence-electron chi connectivity index (χ2n) is 7.91. The minimum Gasteiger partial charge on any atom is -0.503 e. The summed E-state index contributed by atoms with van der Waals surface area (Å²) in [5, 5.41) is 20.4. The summed E-state index contributed by atoms with van der Waals surface area (Å²) in [5.41, 5.74) is 2.95. The zero-order valence-corrected chi connectivity index (χ0v) is 18.4. The number of ether oxygens (including phenoxy) is 1. The van der Waals surface area contributed by atoms with Crippen LogP contribution in [0.3, 0.4) is 0 Å². The first-order valence-corrected chi connectivity index (χ1v) is 10.5. The first kappa shape index (κ1) is 19.9. The minimum absolute atomic E-state index is 0.0622. The van der Waals surface area contributed by atoms with E-state index in [1.54, 1.807) is 29.7 Å². The maximum atomic E-state index is 9.93. The predicted octanol–water partition coefficient (Wildman–Crippen LogP) is 6.00. The Morgan fingerprint density at radius 3 is 2.78 bits per heavy atom. The zero-order valence-electron chi connectivity index (χ0n) is 16.0. The Bertz CT molecular complexity index is 935. The second-order valence-corrected chi connectivity index (χ2v) is 9.85. The van der Waals surface area contributed by atoms with Gasteiger partial charge in [-0.15, -0.1) is 11.3 Å². The van der Waals surface area contributed by atoms with Crippen molar-refractivity contribution in [2.45, 2.75) is 40.0 Å². The summed E-state index contributed by atoms with van der Waals surface area (Å²) >= 11 is 4.95. The molecule has 2 aromatic rings. The SMILES string of the molecule is COc1cc(C=Nc2sc3c(c2C#N)CC[C@@H](C(C)(C)C)C3)cc(Br)c1O. The van der Waals surface area contributed by atoms with Crippen molar-refractivity contribution in [2.24, 2.45) is 16.3 Å². The van der Waals surface area contributed by atoms with E-state index >= 15 is 0 Å². The van der Waals surface area contributed by atoms with Crippen LogP contribution in [-0.2, 0) is 12.8 Å². The van der Waals surface area contributed by atoms with Gasteiger partial charge in [0.25, 0.3) is 0 Å². The number of hydrogen-bond acceptors (Lipinski definition) is 5. The van der Waals surface area contributed by atoms with Gasteiger partial charge in [0.1, 0.15) is 11.1 Å². The van der Waals surface area contributed by atoms with Crippen molar-refractivity contribution in [3.63, 3.8) is 0 Å². The molecule has 1 heterocycles. The third kappa shape index (κ3) is 4.04. The summed E-state index contributed by atoms with van der Waals surface area (Å²) in [4.78, 5) is 5.90. The van der Waals surface area contributed by atoms with Crippen molar-refractivity contribution in [2.75, 3.05) is 7.11 Å². The van der Waals surface area contributed by atoms with Crippen LogP contribution in [0.15, 0.2) is 21.6 Å². The number of hydrogen-bond donors (Lipinski definition) is 1. The van der Waals surface area contributed by atoms with E-state index in [0.717, 1.165) is 29.8 Å². The summed E-state index contributed by atoms with van der Waals surface area (Å²) in [6.07, 6.45) is 4.80. The number of fused-ring (bicyclic) bond motifs is 1. The first-order valence-electron chi connectivity index (χ1n) is 8.89. The molecule has 142 valence electrons. The normalized spacial score (nSPS) is 17.0. The molecule has 0 radical (unpaired) electrons. The summed E-state index contributed by atoms with van der Waals surface area (Å²) in [5.74, 6) is 1.07. The third-order valence-corrected chi connectivity index (χ3v) is 6.95. The fourth-order valence-corrected chi connectivity index (χ4v) is 5.16. The van der Waals surface area contributed by atoms with Gasteiger partial charge in [-0.25, -0.2) is 4.99 Å². The monoisotopic (exact) mass is 446 g/mol. The molecule has 1 aliphatic rings. The fraction of sp³-hybridized carbons (Fsp3) is 0.429. The molecule has 4 nitrogen and oxygen atoms in total. The predicted molar refractivity (Wildman–Crippen MR) is 114 cm³/mol. The zero-order chi connectivity index (χ0) is 19.8. The Kier molecular flexibility index (Phi) is 5.64. The van der Waals surface area contributed by atoms with Crippen molar-refractivity contribution < 1.29 is 9.84 Å². The number of halogens is 1. The smallest absolute Gasteiger partial charge is 0.172 e. The largest absolute Gasteiger partial charge is 0.503 e. The molecule has 1 aromatic carbocycles. The quantitative estimate of drug-likeness (QED) is 0.587. The molecular weight excluding hydrogens is 424 g/mol.